The molecule has 0 radical (unpaired) electrons. The Labute approximate surface area is 186 Å². The fraction of sp³-hybridized carbons (Fsp3) is 0.560. The number of hydrogen-bond acceptors (Lipinski definition) is 6. The minimum absolute atomic E-state index is 0.619. The Hall–Kier alpha value is -2.15. The number of anilines is 1. The maximum atomic E-state index is 11.1. The van der Waals surface area contributed by atoms with Gasteiger partial charge in [0.15, 0.2) is 0 Å². The maximum absolute atomic E-state index is 11.1. The molecule has 0 aliphatic carbocycles. The third-order valence-electron chi connectivity index (χ3n) is 6.35. The lowest BCUT2D eigenvalue weighted by Gasteiger charge is -2.29. The summed E-state index contributed by atoms with van der Waals surface area (Å²) in [6, 6.07) is 14.3. The van der Waals surface area contributed by atoms with Gasteiger partial charge in [0.2, 0.25) is 0 Å². The second kappa shape index (κ2) is 10.4. The van der Waals surface area contributed by atoms with Gasteiger partial charge in [0.1, 0.15) is 18.2 Å². The highest BCUT2D eigenvalue weighted by atomic mass is 16.5. The number of likely N-dealkylation sites (N-methyl/N-ethyl adjacent to an activating group) is 1. The van der Waals surface area contributed by atoms with E-state index in [2.05, 4.69) is 44.9 Å². The number of rotatable bonds is 9. The average Bonchev–Trinajstić information content (AvgIpc) is 3.17. The quantitative estimate of drug-likeness (QED) is 0.668. The van der Waals surface area contributed by atoms with Gasteiger partial charge < -0.3 is 14.7 Å². The van der Waals surface area contributed by atoms with E-state index in [1.807, 2.05) is 24.3 Å². The molecule has 2 aromatic rings. The summed E-state index contributed by atoms with van der Waals surface area (Å²) >= 11 is 0. The molecule has 2 fully saturated rings. The van der Waals surface area contributed by atoms with E-state index in [0.717, 1.165) is 44.2 Å². The molecule has 2 aliphatic heterocycles. The molecule has 2 saturated heterocycles. The summed E-state index contributed by atoms with van der Waals surface area (Å²) in [5.41, 5.74) is 0.496. The second-order valence-electron chi connectivity index (χ2n) is 9.15. The minimum Gasteiger partial charge on any atom is -0.492 e. The Morgan fingerprint density at radius 3 is 2.77 bits per heavy atom. The Morgan fingerprint density at radius 2 is 1.97 bits per heavy atom. The summed E-state index contributed by atoms with van der Waals surface area (Å²) < 4.78 is 6.02. The molecular formula is C25H36N4O2. The number of pyridine rings is 1. The molecule has 6 nitrogen and oxygen atoms in total. The molecule has 1 atom stereocenters. The second-order valence-corrected chi connectivity index (χ2v) is 9.15. The molecule has 1 aromatic heterocycles. The molecule has 168 valence electrons. The first kappa shape index (κ1) is 22.1. The van der Waals surface area contributed by atoms with Gasteiger partial charge in [0, 0.05) is 38.9 Å². The van der Waals surface area contributed by atoms with Crippen molar-refractivity contribution in [2.24, 2.45) is 0 Å². The van der Waals surface area contributed by atoms with E-state index >= 15 is 0 Å². The van der Waals surface area contributed by atoms with Crippen LogP contribution in [-0.4, -0.2) is 78.4 Å². The number of aromatic nitrogens is 1. The molecule has 31 heavy (non-hydrogen) atoms. The Bertz CT molecular complexity index is 812. The van der Waals surface area contributed by atoms with Crippen LogP contribution in [0.15, 0.2) is 48.7 Å². The number of ether oxygens (including phenoxy) is 1. The van der Waals surface area contributed by atoms with Crippen molar-refractivity contribution < 1.29 is 9.84 Å². The van der Waals surface area contributed by atoms with Crippen molar-refractivity contribution in [3.8, 4) is 5.75 Å². The number of nitrogens with zero attached hydrogens (tertiary/aromatic N) is 4. The highest BCUT2D eigenvalue weighted by molar-refractivity contribution is 5.40. The molecule has 0 spiro atoms. The number of β-amino-alcohol motifs (C(OH)–C–C–N with tert-alkyl or cyclic N) is 1. The predicted molar refractivity (Wildman–Crippen MR) is 125 cm³/mol. The van der Waals surface area contributed by atoms with Crippen molar-refractivity contribution in [3.05, 3.63) is 54.2 Å². The van der Waals surface area contributed by atoms with Crippen molar-refractivity contribution in [1.29, 1.82) is 0 Å². The molecule has 6 heteroatoms. The van der Waals surface area contributed by atoms with E-state index < -0.39 is 5.60 Å². The Morgan fingerprint density at radius 1 is 1.10 bits per heavy atom. The van der Waals surface area contributed by atoms with Crippen LogP contribution in [-0.2, 0) is 6.54 Å². The fourth-order valence-electron chi connectivity index (χ4n) is 4.80. The highest BCUT2D eigenvalue weighted by Gasteiger charge is 2.37. The zero-order valence-corrected chi connectivity index (χ0v) is 18.7. The van der Waals surface area contributed by atoms with Gasteiger partial charge >= 0.3 is 0 Å². The van der Waals surface area contributed by atoms with E-state index in [9.17, 15) is 5.11 Å². The van der Waals surface area contributed by atoms with Crippen LogP contribution in [0.3, 0.4) is 0 Å². The van der Waals surface area contributed by atoms with Gasteiger partial charge in [0.25, 0.3) is 0 Å². The molecule has 0 bridgehead atoms. The standard InChI is InChI=1S/C25H36N4O2/c1-27(20-25(30)11-15-29(21-25)24-10-3-4-12-26-24)19-22-8-7-9-23(18-22)31-17-16-28-13-5-2-6-14-28/h3-4,7-10,12,18,30H,2,5-6,11,13-17,19-21H2,1H3/t25-/m1/s1. The largest absolute Gasteiger partial charge is 0.492 e. The molecule has 3 heterocycles. The molecule has 4 rings (SSSR count). The first-order valence-corrected chi connectivity index (χ1v) is 11.6. The third kappa shape index (κ3) is 6.42. The number of hydrogen-bond donors (Lipinski definition) is 1. The van der Waals surface area contributed by atoms with Crippen molar-refractivity contribution in [1.82, 2.24) is 14.8 Å². The summed E-state index contributed by atoms with van der Waals surface area (Å²) in [4.78, 5) is 11.3. The van der Waals surface area contributed by atoms with Crippen LogP contribution in [0.5, 0.6) is 5.75 Å². The van der Waals surface area contributed by atoms with Gasteiger partial charge in [-0.2, -0.15) is 0 Å². The summed E-state index contributed by atoms with van der Waals surface area (Å²) in [5, 5.41) is 11.1. The molecular weight excluding hydrogens is 388 g/mol. The minimum atomic E-state index is -0.713. The number of aliphatic hydroxyl groups is 1. The average molecular weight is 425 g/mol. The molecule has 0 saturated carbocycles. The first-order chi connectivity index (χ1) is 15.1. The van der Waals surface area contributed by atoms with Crippen LogP contribution in [0, 0.1) is 0 Å². The van der Waals surface area contributed by atoms with Crippen LogP contribution < -0.4 is 9.64 Å². The number of likely N-dealkylation sites (tertiary alicyclic amines) is 1. The monoisotopic (exact) mass is 424 g/mol. The van der Waals surface area contributed by atoms with Crippen LogP contribution in [0.4, 0.5) is 5.82 Å². The maximum Gasteiger partial charge on any atom is 0.128 e. The molecule has 2 aliphatic rings. The van der Waals surface area contributed by atoms with Crippen LogP contribution >= 0.6 is 0 Å². The van der Waals surface area contributed by atoms with E-state index in [1.54, 1.807) is 6.20 Å². The van der Waals surface area contributed by atoms with Crippen LogP contribution in [0.2, 0.25) is 0 Å². The smallest absolute Gasteiger partial charge is 0.128 e. The Kier molecular flexibility index (Phi) is 7.43. The van der Waals surface area contributed by atoms with Crippen molar-refractivity contribution >= 4 is 5.82 Å². The van der Waals surface area contributed by atoms with Gasteiger partial charge in [-0.15, -0.1) is 0 Å². The summed E-state index contributed by atoms with van der Waals surface area (Å²) in [7, 11) is 2.07. The number of piperidine rings is 1. The summed E-state index contributed by atoms with van der Waals surface area (Å²) in [5.74, 6) is 1.87. The van der Waals surface area contributed by atoms with E-state index in [0.29, 0.717) is 13.1 Å². The van der Waals surface area contributed by atoms with Crippen molar-refractivity contribution in [3.63, 3.8) is 0 Å². The van der Waals surface area contributed by atoms with Crippen molar-refractivity contribution in [2.45, 2.75) is 37.8 Å². The van der Waals surface area contributed by atoms with Gasteiger partial charge in [-0.3, -0.25) is 9.80 Å². The first-order valence-electron chi connectivity index (χ1n) is 11.6. The van der Waals surface area contributed by atoms with E-state index in [1.165, 1.54) is 37.9 Å². The lowest BCUT2D eigenvalue weighted by molar-refractivity contribution is 0.0279. The van der Waals surface area contributed by atoms with Gasteiger partial charge in [-0.25, -0.2) is 4.98 Å². The zero-order chi connectivity index (χ0) is 21.5. The topological polar surface area (TPSA) is 52.1 Å². The van der Waals surface area contributed by atoms with Gasteiger partial charge in [0.05, 0.1) is 5.60 Å². The summed E-state index contributed by atoms with van der Waals surface area (Å²) in [6.07, 6.45) is 6.55. The zero-order valence-electron chi connectivity index (χ0n) is 18.7. The molecule has 1 N–H and O–H groups in total. The predicted octanol–water partition coefficient (Wildman–Crippen LogP) is 3.02. The van der Waals surface area contributed by atoms with Gasteiger partial charge in [-0.05, 0) is 69.2 Å². The highest BCUT2D eigenvalue weighted by Crippen LogP contribution is 2.26. The van der Waals surface area contributed by atoms with E-state index in [-0.39, 0.29) is 0 Å². The van der Waals surface area contributed by atoms with Gasteiger partial charge in [-0.1, -0.05) is 24.6 Å². The number of benzene rings is 1. The fourth-order valence-corrected chi connectivity index (χ4v) is 4.80. The van der Waals surface area contributed by atoms with Crippen LogP contribution in [0.1, 0.15) is 31.2 Å². The molecule has 0 unspecified atom stereocenters. The lowest BCUT2D eigenvalue weighted by atomic mass is 10.0. The summed E-state index contributed by atoms with van der Waals surface area (Å²) in [6.45, 7) is 7.03. The Balaban J connectivity index is 1.24. The van der Waals surface area contributed by atoms with E-state index in [4.69, 9.17) is 4.74 Å². The lowest BCUT2D eigenvalue weighted by Crippen LogP contribution is -2.43. The SMILES string of the molecule is CN(Cc1cccc(OCCN2CCCCC2)c1)C[C@]1(O)CCN(c2ccccn2)C1. The van der Waals surface area contributed by atoms with Crippen LogP contribution in [0.25, 0.3) is 0 Å². The molecule has 1 aromatic carbocycles. The molecule has 0 amide bonds. The van der Waals surface area contributed by atoms with Crippen molar-refractivity contribution in [2.75, 3.05) is 57.8 Å². The normalized spacial score (nSPS) is 22.2. The third-order valence-corrected chi connectivity index (χ3v) is 6.35.